The molecule has 1 radical (unpaired) electrons. The van der Waals surface area contributed by atoms with Crippen LogP contribution in [0.4, 0.5) is 0 Å². The molecule has 0 fully saturated rings. The molecule has 0 N–H and O–H groups in total. The Balaban J connectivity index is 2.32. The van der Waals surface area contributed by atoms with E-state index in [1.807, 2.05) is 0 Å². The smallest absolute Gasteiger partial charge is 0.00546 e. The zero-order chi connectivity index (χ0) is 5.11. The summed E-state index contributed by atoms with van der Waals surface area (Å²) in [7, 11) is 0. The second-order valence-electron chi connectivity index (χ2n) is 1.84. The maximum atomic E-state index is 4.29. The summed E-state index contributed by atoms with van der Waals surface area (Å²) in [4.78, 5) is 0. The highest BCUT2D eigenvalue weighted by molar-refractivity contribution is 7.80. The Labute approximate surface area is 50.0 Å². The number of thiol groups is 1. The molecule has 0 aliphatic heterocycles. The molecular weight excluding hydrogens is 104 g/mol. The van der Waals surface area contributed by atoms with Crippen molar-refractivity contribution >= 4 is 12.6 Å². The summed E-state index contributed by atoms with van der Waals surface area (Å²) in [6, 6.07) is 0. The fraction of sp³-hybridized carbons (Fsp3) is 0.667. The molecule has 0 amide bonds. The third kappa shape index (κ3) is 1.56. The molecular formula is C6H9S. The second-order valence-corrected chi connectivity index (χ2v) is 2.57. The molecule has 39 valence electrons. The van der Waals surface area contributed by atoms with Crippen LogP contribution in [-0.4, -0.2) is 5.25 Å². The van der Waals surface area contributed by atoms with E-state index in [1.54, 1.807) is 0 Å². The highest BCUT2D eigenvalue weighted by Gasteiger charge is 2.01. The first kappa shape index (κ1) is 5.23. The lowest BCUT2D eigenvalue weighted by atomic mass is 10.1. The maximum Gasteiger partial charge on any atom is 0.00546 e. The van der Waals surface area contributed by atoms with Crippen LogP contribution in [0.2, 0.25) is 0 Å². The zero-order valence-corrected chi connectivity index (χ0v) is 5.12. The molecule has 0 aromatic heterocycles. The second kappa shape index (κ2) is 2.41. The van der Waals surface area contributed by atoms with E-state index < -0.39 is 0 Å². The fourth-order valence-electron chi connectivity index (χ4n) is 0.689. The molecule has 1 aliphatic carbocycles. The van der Waals surface area contributed by atoms with E-state index in [4.69, 9.17) is 0 Å². The Morgan fingerprint density at radius 3 is 2.86 bits per heavy atom. The molecule has 7 heavy (non-hydrogen) atoms. The van der Waals surface area contributed by atoms with Crippen LogP contribution < -0.4 is 0 Å². The topological polar surface area (TPSA) is 0 Å². The Morgan fingerprint density at radius 1 is 1.71 bits per heavy atom. The summed E-state index contributed by atoms with van der Waals surface area (Å²) < 4.78 is 0. The third-order valence-corrected chi connectivity index (χ3v) is 1.63. The lowest BCUT2D eigenvalue weighted by Crippen LogP contribution is -1.99. The highest BCUT2D eigenvalue weighted by atomic mass is 32.1. The van der Waals surface area contributed by atoms with Gasteiger partial charge in [0.15, 0.2) is 0 Å². The normalized spacial score (nSPS) is 30.7. The fourth-order valence-corrected chi connectivity index (χ4v) is 0.924. The molecule has 1 atom stereocenters. The largest absolute Gasteiger partial charge is 0.176 e. The van der Waals surface area contributed by atoms with E-state index in [0.717, 1.165) is 12.8 Å². The zero-order valence-electron chi connectivity index (χ0n) is 4.22. The molecule has 0 saturated carbocycles. The van der Waals surface area contributed by atoms with Gasteiger partial charge in [0.2, 0.25) is 0 Å². The summed E-state index contributed by atoms with van der Waals surface area (Å²) in [5, 5.41) is 0.612. The van der Waals surface area contributed by atoms with Crippen LogP contribution in [0.5, 0.6) is 0 Å². The Bertz CT molecular complexity index is 76.2. The molecule has 0 aromatic carbocycles. The van der Waals surface area contributed by atoms with Crippen molar-refractivity contribution in [1.82, 2.24) is 0 Å². The number of rotatable bonds is 0. The van der Waals surface area contributed by atoms with Crippen molar-refractivity contribution in [1.29, 1.82) is 0 Å². The first-order valence-electron chi connectivity index (χ1n) is 2.63. The van der Waals surface area contributed by atoms with Gasteiger partial charge in [-0.1, -0.05) is 6.08 Å². The molecule has 0 bridgehead atoms. The third-order valence-electron chi connectivity index (χ3n) is 1.16. The minimum absolute atomic E-state index is 0.612. The van der Waals surface area contributed by atoms with E-state index >= 15 is 0 Å². The van der Waals surface area contributed by atoms with Gasteiger partial charge in [-0.15, -0.1) is 0 Å². The molecule has 0 nitrogen and oxygen atoms in total. The van der Waals surface area contributed by atoms with E-state index in [9.17, 15) is 0 Å². The summed E-state index contributed by atoms with van der Waals surface area (Å²) in [5.41, 5.74) is 0. The van der Waals surface area contributed by atoms with Crippen LogP contribution in [0.3, 0.4) is 0 Å². The molecule has 0 saturated heterocycles. The van der Waals surface area contributed by atoms with Gasteiger partial charge in [0, 0.05) is 5.25 Å². The average molecular weight is 113 g/mol. The van der Waals surface area contributed by atoms with Gasteiger partial charge in [0.05, 0.1) is 0 Å². The predicted molar refractivity (Wildman–Crippen MR) is 34.4 cm³/mol. The molecule has 1 aliphatic rings. The van der Waals surface area contributed by atoms with Crippen molar-refractivity contribution < 1.29 is 0 Å². The lowest BCUT2D eigenvalue weighted by molar-refractivity contribution is 0.740. The first-order chi connectivity index (χ1) is 3.39. The Morgan fingerprint density at radius 2 is 2.57 bits per heavy atom. The van der Waals surface area contributed by atoms with Crippen LogP contribution in [-0.2, 0) is 0 Å². The SMILES string of the molecule is SC1CC=[C]CC1. The van der Waals surface area contributed by atoms with Gasteiger partial charge in [0.25, 0.3) is 0 Å². The monoisotopic (exact) mass is 113 g/mol. The minimum atomic E-state index is 0.612. The lowest BCUT2D eigenvalue weighted by Gasteiger charge is -2.08. The quantitative estimate of drug-likeness (QED) is 0.455. The van der Waals surface area contributed by atoms with Crippen LogP contribution >= 0.6 is 12.6 Å². The Kier molecular flexibility index (Phi) is 1.80. The van der Waals surface area contributed by atoms with Gasteiger partial charge < -0.3 is 0 Å². The summed E-state index contributed by atoms with van der Waals surface area (Å²) in [6.45, 7) is 0. The predicted octanol–water partition coefficient (Wildman–Crippen LogP) is 1.83. The molecule has 1 unspecified atom stereocenters. The summed E-state index contributed by atoms with van der Waals surface area (Å²) >= 11 is 4.29. The minimum Gasteiger partial charge on any atom is -0.176 e. The summed E-state index contributed by atoms with van der Waals surface area (Å²) in [5.74, 6) is 0. The van der Waals surface area contributed by atoms with Gasteiger partial charge in [0.1, 0.15) is 0 Å². The van der Waals surface area contributed by atoms with Gasteiger partial charge in [-0.3, -0.25) is 0 Å². The van der Waals surface area contributed by atoms with Crippen molar-refractivity contribution in [3.05, 3.63) is 12.2 Å². The van der Waals surface area contributed by atoms with E-state index in [2.05, 4.69) is 24.8 Å². The molecule has 1 heteroatoms. The van der Waals surface area contributed by atoms with Crippen LogP contribution in [0.1, 0.15) is 19.3 Å². The van der Waals surface area contributed by atoms with Gasteiger partial charge in [-0.2, -0.15) is 12.6 Å². The van der Waals surface area contributed by atoms with Crippen molar-refractivity contribution in [2.45, 2.75) is 24.5 Å². The molecule has 0 aromatic rings. The van der Waals surface area contributed by atoms with Crippen molar-refractivity contribution in [2.75, 3.05) is 0 Å². The van der Waals surface area contributed by atoms with Crippen LogP contribution in [0, 0.1) is 6.08 Å². The van der Waals surface area contributed by atoms with Gasteiger partial charge in [-0.05, 0) is 25.3 Å². The standard InChI is InChI=1S/C6H9S/c7-6-4-2-1-3-5-6/h2,6-7H,3-5H2. The number of hydrogen-bond donors (Lipinski definition) is 1. The maximum absolute atomic E-state index is 4.29. The summed E-state index contributed by atoms with van der Waals surface area (Å²) in [6.07, 6.45) is 8.65. The van der Waals surface area contributed by atoms with Crippen molar-refractivity contribution in [3.8, 4) is 0 Å². The van der Waals surface area contributed by atoms with Gasteiger partial charge >= 0.3 is 0 Å². The van der Waals surface area contributed by atoms with Crippen LogP contribution in [0.25, 0.3) is 0 Å². The van der Waals surface area contributed by atoms with Crippen LogP contribution in [0.15, 0.2) is 6.08 Å². The van der Waals surface area contributed by atoms with E-state index in [0.29, 0.717) is 5.25 Å². The molecule has 0 heterocycles. The van der Waals surface area contributed by atoms with Gasteiger partial charge in [-0.25, -0.2) is 0 Å². The van der Waals surface area contributed by atoms with Crippen molar-refractivity contribution in [2.24, 2.45) is 0 Å². The van der Waals surface area contributed by atoms with E-state index in [-0.39, 0.29) is 0 Å². The molecule has 1 rings (SSSR count). The molecule has 0 spiro atoms. The Hall–Kier alpha value is 0.0900. The first-order valence-corrected chi connectivity index (χ1v) is 3.14. The average Bonchev–Trinajstić information content (AvgIpc) is 1.69. The van der Waals surface area contributed by atoms with Crippen molar-refractivity contribution in [3.63, 3.8) is 0 Å². The number of allylic oxidation sites excluding steroid dienone is 2. The highest BCUT2D eigenvalue weighted by Crippen LogP contribution is 2.14. The number of hydrogen-bond acceptors (Lipinski definition) is 1. The van der Waals surface area contributed by atoms with E-state index in [1.165, 1.54) is 6.42 Å².